The van der Waals surface area contributed by atoms with Gasteiger partial charge in [-0.25, -0.2) is 12.8 Å². The Balaban J connectivity index is 2.07. The molecule has 0 N–H and O–H groups in total. The molecule has 1 saturated heterocycles. The van der Waals surface area contributed by atoms with Crippen molar-refractivity contribution in [1.82, 2.24) is 4.90 Å². The highest BCUT2D eigenvalue weighted by molar-refractivity contribution is 7.92. The maximum absolute atomic E-state index is 13.7. The number of hydrogen-bond acceptors (Lipinski definition) is 4. The van der Waals surface area contributed by atoms with Gasteiger partial charge in [0, 0.05) is 19.6 Å². The summed E-state index contributed by atoms with van der Waals surface area (Å²) in [5, 5.41) is 0. The van der Waals surface area contributed by atoms with E-state index in [0.29, 0.717) is 25.2 Å². The number of nitrogens with zero attached hydrogens (tertiary/aromatic N) is 1. The van der Waals surface area contributed by atoms with Crippen molar-refractivity contribution in [3.63, 3.8) is 0 Å². The van der Waals surface area contributed by atoms with Crippen LogP contribution < -0.4 is 4.74 Å². The van der Waals surface area contributed by atoms with Gasteiger partial charge in [-0.15, -0.1) is 0 Å². The topological polar surface area (TPSA) is 46.6 Å². The van der Waals surface area contributed by atoms with Crippen molar-refractivity contribution in [1.29, 1.82) is 0 Å². The van der Waals surface area contributed by atoms with Gasteiger partial charge in [-0.05, 0) is 31.5 Å². The van der Waals surface area contributed by atoms with Crippen molar-refractivity contribution in [3.8, 4) is 5.75 Å². The van der Waals surface area contributed by atoms with Gasteiger partial charge >= 0.3 is 6.61 Å². The molecule has 1 aromatic carbocycles. The number of alkyl halides is 2. The first-order valence-corrected chi connectivity index (χ1v) is 8.44. The Kier molecular flexibility index (Phi) is 4.72. The minimum atomic E-state index is -3.13. The molecule has 0 unspecified atom stereocenters. The summed E-state index contributed by atoms with van der Waals surface area (Å²) in [5.74, 6) is -1.31. The predicted octanol–water partition coefficient (Wildman–Crippen LogP) is 2.44. The Labute approximate surface area is 127 Å². The van der Waals surface area contributed by atoms with E-state index in [2.05, 4.69) is 4.74 Å². The molecule has 124 valence electrons. The molecule has 4 nitrogen and oxygen atoms in total. The lowest BCUT2D eigenvalue weighted by molar-refractivity contribution is -0.0522. The molecule has 1 aliphatic heterocycles. The Morgan fingerprint density at radius 1 is 1.36 bits per heavy atom. The van der Waals surface area contributed by atoms with Gasteiger partial charge < -0.3 is 4.74 Å². The molecule has 1 fully saturated rings. The molecule has 0 atom stereocenters. The van der Waals surface area contributed by atoms with Crippen molar-refractivity contribution in [3.05, 3.63) is 29.6 Å². The molecule has 0 aromatic heterocycles. The van der Waals surface area contributed by atoms with E-state index in [1.54, 1.807) is 13.8 Å². The maximum atomic E-state index is 13.7. The molecule has 8 heteroatoms. The van der Waals surface area contributed by atoms with E-state index in [4.69, 9.17) is 0 Å². The minimum Gasteiger partial charge on any atom is -0.432 e. The molecular formula is C14H18F3NO3S. The minimum absolute atomic E-state index is 0.0507. The van der Waals surface area contributed by atoms with Crippen LogP contribution >= 0.6 is 0 Å². The van der Waals surface area contributed by atoms with E-state index in [9.17, 15) is 21.6 Å². The smallest absolute Gasteiger partial charge is 0.387 e. The fourth-order valence-electron chi connectivity index (χ4n) is 2.47. The molecule has 1 aliphatic rings. The largest absolute Gasteiger partial charge is 0.432 e. The van der Waals surface area contributed by atoms with Crippen LogP contribution in [0.1, 0.15) is 19.4 Å². The van der Waals surface area contributed by atoms with E-state index in [0.717, 1.165) is 12.1 Å². The lowest BCUT2D eigenvalue weighted by Crippen LogP contribution is -2.52. The van der Waals surface area contributed by atoms with Crippen molar-refractivity contribution in [2.45, 2.75) is 31.8 Å². The molecule has 0 spiro atoms. The van der Waals surface area contributed by atoms with Crippen LogP contribution in [-0.4, -0.2) is 43.5 Å². The summed E-state index contributed by atoms with van der Waals surface area (Å²) < 4.78 is 64.9. The Morgan fingerprint density at radius 2 is 2.05 bits per heavy atom. The SMILES string of the molecule is CC1(C)CN(Cc2ccc(OC(F)F)c(F)c2)CCS1(=O)=O. The monoisotopic (exact) mass is 337 g/mol. The first kappa shape index (κ1) is 17.1. The number of halogens is 3. The summed E-state index contributed by atoms with van der Waals surface area (Å²) in [6.45, 7) is 1.30. The second-order valence-electron chi connectivity index (χ2n) is 5.93. The van der Waals surface area contributed by atoms with Crippen molar-refractivity contribution >= 4 is 9.84 Å². The standard InChI is InChI=1S/C14H18F3NO3S/c1-14(2)9-18(5-6-22(14,19)20)8-10-3-4-12(11(15)7-10)21-13(16)17/h3-4,7,13H,5-6,8-9H2,1-2H3. The molecule has 2 rings (SSSR count). The second kappa shape index (κ2) is 6.08. The average Bonchev–Trinajstić information content (AvgIpc) is 2.37. The van der Waals surface area contributed by atoms with Gasteiger partial charge in [0.2, 0.25) is 0 Å². The zero-order valence-electron chi connectivity index (χ0n) is 12.4. The highest BCUT2D eigenvalue weighted by Crippen LogP contribution is 2.26. The van der Waals surface area contributed by atoms with Crippen molar-refractivity contribution in [2.75, 3.05) is 18.8 Å². The molecule has 0 amide bonds. The highest BCUT2D eigenvalue weighted by Gasteiger charge is 2.39. The van der Waals surface area contributed by atoms with Crippen LogP contribution in [0.4, 0.5) is 13.2 Å². The zero-order chi connectivity index (χ0) is 16.5. The quantitative estimate of drug-likeness (QED) is 0.847. The first-order chi connectivity index (χ1) is 10.1. The van der Waals surface area contributed by atoms with Crippen LogP contribution in [0.25, 0.3) is 0 Å². The predicted molar refractivity (Wildman–Crippen MR) is 76.2 cm³/mol. The van der Waals surface area contributed by atoms with Crippen LogP contribution in [0, 0.1) is 5.82 Å². The van der Waals surface area contributed by atoms with Crippen molar-refractivity contribution < 1.29 is 26.3 Å². The summed E-state index contributed by atoms with van der Waals surface area (Å²) in [6.07, 6.45) is 0. The molecule has 22 heavy (non-hydrogen) atoms. The Hall–Kier alpha value is -1.28. The van der Waals surface area contributed by atoms with Crippen LogP contribution in [0.2, 0.25) is 0 Å². The zero-order valence-corrected chi connectivity index (χ0v) is 13.2. The van der Waals surface area contributed by atoms with Crippen LogP contribution in [0.5, 0.6) is 5.75 Å². The van der Waals surface area contributed by atoms with E-state index >= 15 is 0 Å². The van der Waals surface area contributed by atoms with Crippen molar-refractivity contribution in [2.24, 2.45) is 0 Å². The Morgan fingerprint density at radius 3 is 2.59 bits per heavy atom. The Bertz CT molecular complexity index is 647. The normalized spacial score (nSPS) is 21.0. The van der Waals surface area contributed by atoms with Gasteiger partial charge in [0.15, 0.2) is 21.4 Å². The fourth-order valence-corrected chi connectivity index (χ4v) is 3.90. The third-order valence-electron chi connectivity index (χ3n) is 3.74. The number of hydrogen-bond donors (Lipinski definition) is 0. The molecular weight excluding hydrogens is 319 g/mol. The third kappa shape index (κ3) is 3.73. The van der Waals surface area contributed by atoms with Crippen LogP contribution in [0.3, 0.4) is 0 Å². The molecule has 0 aliphatic carbocycles. The summed E-state index contributed by atoms with van der Waals surface area (Å²) in [6, 6.07) is 3.79. The van der Waals surface area contributed by atoms with Gasteiger partial charge in [0.25, 0.3) is 0 Å². The summed E-state index contributed by atoms with van der Waals surface area (Å²) in [5.41, 5.74) is 0.578. The second-order valence-corrected chi connectivity index (χ2v) is 8.68. The number of sulfone groups is 1. The van der Waals surface area contributed by atoms with Gasteiger partial charge in [-0.2, -0.15) is 8.78 Å². The third-order valence-corrected chi connectivity index (χ3v) is 6.27. The molecule has 0 bridgehead atoms. The first-order valence-electron chi connectivity index (χ1n) is 6.79. The van der Waals surface area contributed by atoms with Crippen LogP contribution in [-0.2, 0) is 16.4 Å². The van der Waals surface area contributed by atoms with Gasteiger partial charge in [-0.1, -0.05) is 6.07 Å². The van der Waals surface area contributed by atoms with Gasteiger partial charge in [0.05, 0.1) is 10.5 Å². The summed E-state index contributed by atoms with van der Waals surface area (Å²) >= 11 is 0. The van der Waals surface area contributed by atoms with E-state index < -0.39 is 32.8 Å². The van der Waals surface area contributed by atoms with Crippen LogP contribution in [0.15, 0.2) is 18.2 Å². The summed E-state index contributed by atoms with van der Waals surface area (Å²) in [4.78, 5) is 1.91. The number of rotatable bonds is 4. The number of benzene rings is 1. The average molecular weight is 337 g/mol. The van der Waals surface area contributed by atoms with E-state index in [1.807, 2.05) is 4.90 Å². The molecule has 1 aromatic rings. The van der Waals surface area contributed by atoms with Gasteiger partial charge in [-0.3, -0.25) is 4.90 Å². The lowest BCUT2D eigenvalue weighted by atomic mass is 10.1. The maximum Gasteiger partial charge on any atom is 0.387 e. The number of ether oxygens (including phenoxy) is 1. The highest BCUT2D eigenvalue weighted by atomic mass is 32.2. The van der Waals surface area contributed by atoms with E-state index in [1.165, 1.54) is 6.07 Å². The summed E-state index contributed by atoms with van der Waals surface area (Å²) in [7, 11) is -3.13. The molecule has 0 radical (unpaired) electrons. The lowest BCUT2D eigenvalue weighted by Gasteiger charge is -2.37. The molecule has 1 heterocycles. The van der Waals surface area contributed by atoms with Gasteiger partial charge in [0.1, 0.15) is 0 Å². The fraction of sp³-hybridized carbons (Fsp3) is 0.571. The van der Waals surface area contributed by atoms with E-state index in [-0.39, 0.29) is 5.75 Å². The molecule has 0 saturated carbocycles.